The molecule has 0 N–H and O–H groups in total. The second-order valence-electron chi connectivity index (χ2n) is 30.1. The van der Waals surface area contributed by atoms with Gasteiger partial charge in [-0.3, -0.25) is 0 Å². The molecule has 116 heavy (non-hydrogen) atoms. The van der Waals surface area contributed by atoms with Gasteiger partial charge in [-0.05, 0) is 175 Å². The van der Waals surface area contributed by atoms with Gasteiger partial charge >= 0.3 is 0 Å². The van der Waals surface area contributed by atoms with Crippen LogP contribution in [0.4, 0.5) is 0 Å². The van der Waals surface area contributed by atoms with Crippen molar-refractivity contribution in [3.63, 3.8) is 0 Å². The predicted molar refractivity (Wildman–Crippen MR) is 478 cm³/mol. The molecule has 10 heteroatoms. The summed E-state index contributed by atoms with van der Waals surface area (Å²) in [6, 6.07) is 143. The van der Waals surface area contributed by atoms with Crippen molar-refractivity contribution in [3.8, 4) is 96.6 Å². The molecule has 0 fully saturated rings. The quantitative estimate of drug-likeness (QED) is 0.129. The molecule has 7 aromatic heterocycles. The molecular weight excluding hydrogens is 1410 g/mol. The maximum Gasteiger partial charge on any atom is 0.164 e. The monoisotopic (exact) mass is 1480 g/mol. The van der Waals surface area contributed by atoms with Gasteiger partial charge in [0.05, 0.1) is 89.2 Å². The number of nitrogens with zero attached hydrogens (tertiary/aromatic N) is 10. The lowest BCUT2D eigenvalue weighted by Gasteiger charge is -2.21. The lowest BCUT2D eigenvalue weighted by molar-refractivity contribution is 1.07. The van der Waals surface area contributed by atoms with E-state index in [1.807, 2.05) is 48.5 Å². The van der Waals surface area contributed by atoms with Crippen molar-refractivity contribution in [2.24, 2.45) is 0 Å². The fraction of sp³-hybridized carbons (Fsp3) is 0. The number of hydrogen-bond donors (Lipinski definition) is 0. The van der Waals surface area contributed by atoms with Gasteiger partial charge in [0.2, 0.25) is 0 Å². The second-order valence-corrected chi connectivity index (χ2v) is 30.1. The molecule has 7 heterocycles. The van der Waals surface area contributed by atoms with Crippen molar-refractivity contribution in [1.82, 2.24) is 42.4 Å². The van der Waals surface area contributed by atoms with Gasteiger partial charge < -0.3 is 27.4 Å². The number of benzene rings is 17. The Morgan fingerprint density at radius 1 is 0.181 bits per heavy atom. The highest BCUT2D eigenvalue weighted by Crippen LogP contribution is 2.48. The van der Waals surface area contributed by atoms with Crippen LogP contribution >= 0.6 is 0 Å². The van der Waals surface area contributed by atoms with Gasteiger partial charge in [-0.2, -0.15) is 5.26 Å². The number of hydrogen-bond acceptors (Lipinski definition) is 4. The topological polar surface area (TPSA) is 92.0 Å². The van der Waals surface area contributed by atoms with Crippen LogP contribution in [-0.4, -0.2) is 42.4 Å². The zero-order valence-electron chi connectivity index (χ0n) is 62.4. The number of nitriles is 1. The van der Waals surface area contributed by atoms with Crippen molar-refractivity contribution in [3.05, 3.63) is 394 Å². The molecule has 0 bridgehead atoms. The second kappa shape index (κ2) is 25.5. The van der Waals surface area contributed by atoms with Crippen LogP contribution in [0.5, 0.6) is 0 Å². The molecular formula is C106H64N10. The largest absolute Gasteiger partial charge is 0.309 e. The van der Waals surface area contributed by atoms with Gasteiger partial charge in [-0.1, -0.05) is 224 Å². The zero-order valence-corrected chi connectivity index (χ0v) is 62.4. The van der Waals surface area contributed by atoms with Gasteiger partial charge in [-0.15, -0.1) is 0 Å². The summed E-state index contributed by atoms with van der Waals surface area (Å²) in [4.78, 5) is 16.2. The summed E-state index contributed by atoms with van der Waals surface area (Å²) >= 11 is 0. The first-order chi connectivity index (χ1) is 57.5. The summed E-state index contributed by atoms with van der Waals surface area (Å²) in [7, 11) is 0. The molecule has 538 valence electrons. The Balaban J connectivity index is 0.824. The Bertz CT molecular complexity index is 7670. The van der Waals surface area contributed by atoms with Crippen molar-refractivity contribution >= 4 is 131 Å². The molecule has 0 amide bonds. The van der Waals surface area contributed by atoms with Gasteiger partial charge in [0, 0.05) is 115 Å². The summed E-state index contributed by atoms with van der Waals surface area (Å²) in [5.74, 6) is 1.65. The smallest absolute Gasteiger partial charge is 0.164 e. The molecule has 0 aliphatic heterocycles. The fourth-order valence-corrected chi connectivity index (χ4v) is 18.8. The standard InChI is InChI=1S/C106H64N10/c107-65-66-43-45-67(46-44-66)70-47-53-98(115-100-55-49-72(111-90-35-15-7-27-76(90)77-28-8-16-36-91(77)111)61-86(100)87-62-73(50-56-101(87)115)112-92-37-17-9-29-78(92)79-30-10-18-38-93(79)112)84(59-70)85-60-71(106-109-104(68-23-3-1-4-24-68)108-105(110-106)69-25-5-2-6-26-69)48-54-99(85)116-102-57-51-74(113-94-39-19-11-31-80(94)81-32-12-20-40-95(81)113)63-88(102)89-64-75(52-58-103(89)116)114-96-41-21-13-33-82(96)83-34-14-22-42-97(83)114/h1-64H. The maximum absolute atomic E-state index is 10.3. The normalized spacial score (nSPS) is 12.0. The van der Waals surface area contributed by atoms with Crippen molar-refractivity contribution in [1.29, 1.82) is 5.26 Å². The number of para-hydroxylation sites is 8. The Hall–Kier alpha value is -16.0. The van der Waals surface area contributed by atoms with E-state index in [4.69, 9.17) is 15.0 Å². The molecule has 17 aromatic carbocycles. The van der Waals surface area contributed by atoms with Gasteiger partial charge in [0.25, 0.3) is 0 Å². The molecule has 24 rings (SSSR count). The first kappa shape index (κ1) is 64.8. The van der Waals surface area contributed by atoms with Crippen molar-refractivity contribution in [2.75, 3.05) is 0 Å². The van der Waals surface area contributed by atoms with E-state index >= 15 is 0 Å². The highest BCUT2D eigenvalue weighted by Gasteiger charge is 2.27. The zero-order chi connectivity index (χ0) is 76.2. The molecule has 0 atom stereocenters. The number of rotatable bonds is 11. The highest BCUT2D eigenvalue weighted by molar-refractivity contribution is 6.18. The number of aromatic nitrogens is 9. The third-order valence-electron chi connectivity index (χ3n) is 23.9. The van der Waals surface area contributed by atoms with Crippen LogP contribution < -0.4 is 0 Å². The SMILES string of the molecule is N#Cc1ccc(-c2ccc(-n3c4ccc(-n5c6ccccc6c6ccccc65)cc4c4cc(-n5c6ccccc6c6ccccc65)ccc43)c(-c3cc(-c4nc(-c5ccccc5)nc(-c5ccccc5)n4)ccc3-n3c4ccc(-n5c6ccccc6c6ccccc65)cc4c4cc(-n5c6ccccc6c6ccccc65)ccc43)c2)cc1. The molecule has 0 unspecified atom stereocenters. The average molecular weight is 1480 g/mol. The Labute approximate surface area is 664 Å². The average Bonchev–Trinajstić information content (AvgIpc) is 1.54. The van der Waals surface area contributed by atoms with Crippen LogP contribution in [0.1, 0.15) is 5.56 Å². The van der Waals surface area contributed by atoms with Crippen LogP contribution in [0, 0.1) is 11.3 Å². The van der Waals surface area contributed by atoms with E-state index in [-0.39, 0.29) is 0 Å². The van der Waals surface area contributed by atoms with Crippen LogP contribution in [-0.2, 0) is 0 Å². The first-order valence-electron chi connectivity index (χ1n) is 39.3. The van der Waals surface area contributed by atoms with Crippen LogP contribution in [0.3, 0.4) is 0 Å². The van der Waals surface area contributed by atoms with E-state index in [1.54, 1.807) is 0 Å². The molecule has 10 nitrogen and oxygen atoms in total. The molecule has 0 saturated carbocycles. The van der Waals surface area contributed by atoms with Gasteiger partial charge in [-0.25, -0.2) is 15.0 Å². The molecule has 0 aliphatic carbocycles. The first-order valence-corrected chi connectivity index (χ1v) is 39.3. The summed E-state index contributed by atoms with van der Waals surface area (Å²) in [6.45, 7) is 0. The van der Waals surface area contributed by atoms with Crippen molar-refractivity contribution < 1.29 is 0 Å². The minimum atomic E-state index is 0.524. The van der Waals surface area contributed by atoms with E-state index in [2.05, 4.69) is 373 Å². The molecule has 0 saturated heterocycles. The van der Waals surface area contributed by atoms with Crippen LogP contribution in [0.15, 0.2) is 388 Å². The Morgan fingerprint density at radius 2 is 0.422 bits per heavy atom. The predicted octanol–water partition coefficient (Wildman–Crippen LogP) is 26.7. The van der Waals surface area contributed by atoms with E-state index in [0.717, 1.165) is 161 Å². The molecule has 0 spiro atoms. The maximum atomic E-state index is 10.3. The summed E-state index contributed by atoms with van der Waals surface area (Å²) < 4.78 is 14.7. The third kappa shape index (κ3) is 9.86. The van der Waals surface area contributed by atoms with Crippen LogP contribution in [0.25, 0.3) is 221 Å². The minimum Gasteiger partial charge on any atom is -0.309 e. The van der Waals surface area contributed by atoms with E-state index < -0.39 is 0 Å². The molecule has 0 aliphatic rings. The van der Waals surface area contributed by atoms with E-state index in [9.17, 15) is 5.26 Å². The van der Waals surface area contributed by atoms with E-state index in [0.29, 0.717) is 23.0 Å². The minimum absolute atomic E-state index is 0.524. The lowest BCUT2D eigenvalue weighted by atomic mass is 9.94. The third-order valence-corrected chi connectivity index (χ3v) is 23.9. The Morgan fingerprint density at radius 3 is 0.716 bits per heavy atom. The lowest BCUT2D eigenvalue weighted by Crippen LogP contribution is -2.04. The van der Waals surface area contributed by atoms with Gasteiger partial charge in [0.1, 0.15) is 0 Å². The number of fused-ring (bicyclic) bond motifs is 18. The summed E-state index contributed by atoms with van der Waals surface area (Å²) in [6.07, 6.45) is 0. The van der Waals surface area contributed by atoms with Crippen molar-refractivity contribution in [2.45, 2.75) is 0 Å². The fourth-order valence-electron chi connectivity index (χ4n) is 18.8. The highest BCUT2D eigenvalue weighted by atomic mass is 15.1. The van der Waals surface area contributed by atoms with E-state index in [1.165, 1.54) is 43.1 Å². The summed E-state index contributed by atoms with van der Waals surface area (Å²) in [5, 5.41) is 24.2. The van der Waals surface area contributed by atoms with Crippen LogP contribution in [0.2, 0.25) is 0 Å². The molecule has 0 radical (unpaired) electrons. The molecule has 24 aromatic rings. The summed E-state index contributed by atoms with van der Waals surface area (Å²) in [5.41, 5.74) is 26.2. The van der Waals surface area contributed by atoms with Gasteiger partial charge in [0.15, 0.2) is 17.5 Å². The Kier molecular flexibility index (Phi) is 14.3.